The fourth-order valence-electron chi connectivity index (χ4n) is 4.59. The summed E-state index contributed by atoms with van der Waals surface area (Å²) >= 11 is 0. The number of likely N-dealkylation sites (N-methyl/N-ethyl adjacent to an activating group) is 1. The summed E-state index contributed by atoms with van der Waals surface area (Å²) in [5.41, 5.74) is 2.72. The van der Waals surface area contributed by atoms with Crippen LogP contribution < -0.4 is 19.5 Å². The predicted octanol–water partition coefficient (Wildman–Crippen LogP) is 4.27. The van der Waals surface area contributed by atoms with Gasteiger partial charge < -0.3 is 24.4 Å². The molecule has 1 fully saturated rings. The highest BCUT2D eigenvalue weighted by molar-refractivity contribution is 6.06. The minimum absolute atomic E-state index is 0.256. The highest BCUT2D eigenvalue weighted by atomic mass is 16.5. The number of hydrogen-bond acceptors (Lipinski definition) is 6. The summed E-state index contributed by atoms with van der Waals surface area (Å²) in [5.74, 6) is 0.967. The molecule has 1 unspecified atom stereocenters. The molecular weight excluding hydrogens is 486 g/mol. The molecule has 206 valence electrons. The van der Waals surface area contributed by atoms with Gasteiger partial charge in [0.2, 0.25) is 11.7 Å². The van der Waals surface area contributed by atoms with E-state index in [0.717, 1.165) is 47.3 Å². The van der Waals surface area contributed by atoms with E-state index < -0.39 is 12.1 Å². The van der Waals surface area contributed by atoms with Gasteiger partial charge in [-0.1, -0.05) is 56.9 Å². The number of benzene rings is 2. The molecule has 0 aliphatic carbocycles. The Morgan fingerprint density at radius 1 is 0.895 bits per heavy atom. The molecule has 1 N–H and O–H groups in total. The largest absolute Gasteiger partial charge is 0.493 e. The number of nitrogens with one attached hydrogen (secondary N) is 1. The number of urea groups is 1. The number of imide groups is 1. The van der Waals surface area contributed by atoms with Gasteiger partial charge in [0.25, 0.3) is 5.91 Å². The SMILES string of the molecule is CCCCCCCNC(=O)CN1C(=O)C(Cc2ccc(-c3cc(OC)c(OC)c(OC)c3)cc2)N(C)C1=O. The van der Waals surface area contributed by atoms with Crippen LogP contribution in [-0.2, 0) is 16.0 Å². The van der Waals surface area contributed by atoms with Crippen molar-refractivity contribution in [2.24, 2.45) is 0 Å². The smallest absolute Gasteiger partial charge is 0.327 e. The lowest BCUT2D eigenvalue weighted by atomic mass is 9.99. The Hall–Kier alpha value is -3.75. The zero-order chi connectivity index (χ0) is 27.7. The third-order valence-electron chi connectivity index (χ3n) is 6.84. The number of ether oxygens (including phenoxy) is 3. The van der Waals surface area contributed by atoms with Gasteiger partial charge in [0.15, 0.2) is 11.5 Å². The monoisotopic (exact) mass is 525 g/mol. The minimum atomic E-state index is -0.656. The zero-order valence-corrected chi connectivity index (χ0v) is 23.0. The van der Waals surface area contributed by atoms with E-state index >= 15 is 0 Å². The summed E-state index contributed by atoms with van der Waals surface area (Å²) in [5, 5.41) is 2.82. The number of carbonyl (C=O) groups is 3. The molecule has 1 aliphatic heterocycles. The molecule has 3 rings (SSSR count). The van der Waals surface area contributed by atoms with E-state index in [9.17, 15) is 14.4 Å². The molecule has 0 aromatic heterocycles. The van der Waals surface area contributed by atoms with Gasteiger partial charge in [0.05, 0.1) is 21.3 Å². The number of hydrogen-bond donors (Lipinski definition) is 1. The van der Waals surface area contributed by atoms with Gasteiger partial charge in [0, 0.05) is 20.0 Å². The third kappa shape index (κ3) is 6.76. The fourth-order valence-corrected chi connectivity index (χ4v) is 4.59. The van der Waals surface area contributed by atoms with Crippen molar-refractivity contribution in [3.8, 4) is 28.4 Å². The van der Waals surface area contributed by atoms with Crippen LogP contribution in [0.5, 0.6) is 17.2 Å². The molecule has 4 amide bonds. The topological polar surface area (TPSA) is 97.4 Å². The lowest BCUT2D eigenvalue weighted by molar-refractivity contribution is -0.132. The molecule has 2 aromatic rings. The molecule has 9 nitrogen and oxygen atoms in total. The Morgan fingerprint density at radius 2 is 1.53 bits per heavy atom. The van der Waals surface area contributed by atoms with Crippen molar-refractivity contribution in [2.75, 3.05) is 41.5 Å². The lowest BCUT2D eigenvalue weighted by Gasteiger charge is -2.17. The van der Waals surface area contributed by atoms with Crippen LogP contribution in [-0.4, -0.2) is 75.2 Å². The number of nitrogens with zero attached hydrogens (tertiary/aromatic N) is 2. The van der Waals surface area contributed by atoms with Crippen LogP contribution in [0.3, 0.4) is 0 Å². The minimum Gasteiger partial charge on any atom is -0.493 e. The van der Waals surface area contributed by atoms with E-state index in [4.69, 9.17) is 14.2 Å². The molecule has 1 atom stereocenters. The quantitative estimate of drug-likeness (QED) is 0.292. The van der Waals surface area contributed by atoms with E-state index in [2.05, 4.69) is 12.2 Å². The Morgan fingerprint density at radius 3 is 2.11 bits per heavy atom. The summed E-state index contributed by atoms with van der Waals surface area (Å²) in [6, 6.07) is 10.4. The molecule has 1 saturated heterocycles. The van der Waals surface area contributed by atoms with Crippen LogP contribution in [0.25, 0.3) is 11.1 Å². The van der Waals surface area contributed by atoms with Gasteiger partial charge >= 0.3 is 6.03 Å². The molecular formula is C29H39N3O6. The zero-order valence-electron chi connectivity index (χ0n) is 23.0. The highest BCUT2D eigenvalue weighted by Gasteiger charge is 2.43. The van der Waals surface area contributed by atoms with Gasteiger partial charge in [-0.2, -0.15) is 0 Å². The van der Waals surface area contributed by atoms with Crippen molar-refractivity contribution < 1.29 is 28.6 Å². The first kappa shape index (κ1) is 28.8. The van der Waals surface area contributed by atoms with Gasteiger partial charge in [-0.05, 0) is 35.2 Å². The van der Waals surface area contributed by atoms with Crippen molar-refractivity contribution in [2.45, 2.75) is 51.5 Å². The van der Waals surface area contributed by atoms with Crippen LogP contribution in [0.15, 0.2) is 36.4 Å². The van der Waals surface area contributed by atoms with Crippen molar-refractivity contribution in [1.82, 2.24) is 15.1 Å². The van der Waals surface area contributed by atoms with E-state index in [1.165, 1.54) is 11.3 Å². The van der Waals surface area contributed by atoms with Gasteiger partial charge in [-0.3, -0.25) is 14.5 Å². The maximum atomic E-state index is 13.0. The van der Waals surface area contributed by atoms with Crippen molar-refractivity contribution >= 4 is 17.8 Å². The molecule has 0 bridgehead atoms. The normalized spacial score (nSPS) is 15.1. The second-order valence-electron chi connectivity index (χ2n) is 9.41. The Labute approximate surface area is 225 Å². The van der Waals surface area contributed by atoms with E-state index in [1.807, 2.05) is 36.4 Å². The number of methoxy groups -OCH3 is 3. The van der Waals surface area contributed by atoms with E-state index in [1.54, 1.807) is 28.4 Å². The standard InChI is InChI=1S/C29H39N3O6/c1-6-7-8-9-10-15-30-26(33)19-32-28(34)23(31(2)29(32)35)16-20-11-13-21(14-12-20)22-17-24(36-3)27(38-5)25(18-22)37-4/h11-14,17-18,23H,6-10,15-16,19H2,1-5H3,(H,30,33). The van der Waals surface area contributed by atoms with E-state index in [-0.39, 0.29) is 18.4 Å². The molecule has 1 heterocycles. The third-order valence-corrected chi connectivity index (χ3v) is 6.84. The first-order chi connectivity index (χ1) is 18.3. The summed E-state index contributed by atoms with van der Waals surface area (Å²) in [6.07, 6.45) is 5.79. The Kier molecular flexibility index (Phi) is 10.4. The first-order valence-corrected chi connectivity index (χ1v) is 13.1. The van der Waals surface area contributed by atoms with Crippen LogP contribution in [0.2, 0.25) is 0 Å². The van der Waals surface area contributed by atoms with Crippen molar-refractivity contribution in [3.63, 3.8) is 0 Å². The van der Waals surface area contributed by atoms with Crippen LogP contribution in [0.1, 0.15) is 44.6 Å². The highest BCUT2D eigenvalue weighted by Crippen LogP contribution is 2.41. The van der Waals surface area contributed by atoms with Crippen molar-refractivity contribution in [3.05, 3.63) is 42.0 Å². The molecule has 9 heteroatoms. The molecule has 0 spiro atoms. The number of amides is 4. The molecule has 38 heavy (non-hydrogen) atoms. The lowest BCUT2D eigenvalue weighted by Crippen LogP contribution is -2.41. The summed E-state index contributed by atoms with van der Waals surface area (Å²) < 4.78 is 16.3. The number of unbranched alkanes of at least 4 members (excludes halogenated alkanes) is 4. The second-order valence-corrected chi connectivity index (χ2v) is 9.41. The van der Waals surface area contributed by atoms with Crippen LogP contribution in [0.4, 0.5) is 4.79 Å². The summed E-state index contributed by atoms with van der Waals surface area (Å²) in [4.78, 5) is 40.6. The molecule has 1 aliphatic rings. The van der Waals surface area contributed by atoms with Gasteiger partial charge in [-0.15, -0.1) is 0 Å². The Balaban J connectivity index is 1.63. The van der Waals surface area contributed by atoms with E-state index in [0.29, 0.717) is 30.2 Å². The Bertz CT molecular complexity index is 1090. The fraction of sp³-hybridized carbons (Fsp3) is 0.483. The number of rotatable bonds is 14. The summed E-state index contributed by atoms with van der Waals surface area (Å²) in [7, 11) is 6.30. The van der Waals surface area contributed by atoms with Gasteiger partial charge in [-0.25, -0.2) is 4.79 Å². The average Bonchev–Trinajstić information content (AvgIpc) is 3.12. The summed E-state index contributed by atoms with van der Waals surface area (Å²) in [6.45, 7) is 2.45. The average molecular weight is 526 g/mol. The molecule has 0 saturated carbocycles. The first-order valence-electron chi connectivity index (χ1n) is 13.1. The van der Waals surface area contributed by atoms with Crippen LogP contribution >= 0.6 is 0 Å². The second kappa shape index (κ2) is 13.7. The molecule has 0 radical (unpaired) electrons. The van der Waals surface area contributed by atoms with Crippen molar-refractivity contribution in [1.29, 1.82) is 0 Å². The predicted molar refractivity (Wildman–Crippen MR) is 146 cm³/mol. The maximum absolute atomic E-state index is 13.0. The molecule has 2 aromatic carbocycles. The van der Waals surface area contributed by atoms with Gasteiger partial charge in [0.1, 0.15) is 12.6 Å². The maximum Gasteiger partial charge on any atom is 0.327 e. The van der Waals surface area contributed by atoms with Crippen LogP contribution in [0, 0.1) is 0 Å². The number of carbonyl (C=O) groups excluding carboxylic acids is 3.